The molecule has 19 heteroatoms. The molecule has 5 atom stereocenters. The Morgan fingerprint density at radius 3 is 0.660 bits per heavy atom. The smallest absolute Gasteiger partial charge is 0.462 e. The second kappa shape index (κ2) is 76.8. The standard InChI is InChI=1S/C84H164O17P2/c1-6-9-12-15-18-21-24-26-27-28-29-30-31-32-33-34-40-45-50-55-60-65-70-84(89)101-80(74-95-82(87)68-63-58-53-48-43-39-36-35-38-42-46-51-56-61-66-77(4)5)76-99-103(92,93)97-72-78(85)71-96-102(90,91)98-75-79(73-94-81(86)67-62-57-52-47-41-23-20-17-14-11-8-3)100-83(88)69-64-59-54-49-44-37-25-22-19-16-13-10-7-2/h77-80,85H,6-76H2,1-5H3,(H,90,91)(H,92,93)/t78-,79+,80+/m0/s1. The van der Waals surface area contributed by atoms with E-state index in [1.54, 1.807) is 0 Å². The molecule has 0 aliphatic heterocycles. The van der Waals surface area contributed by atoms with Gasteiger partial charge in [0.1, 0.15) is 19.3 Å². The third-order valence-corrected chi connectivity index (χ3v) is 21.7. The van der Waals surface area contributed by atoms with Gasteiger partial charge in [-0.05, 0) is 31.6 Å². The highest BCUT2D eigenvalue weighted by Crippen LogP contribution is 2.45. The maximum absolute atomic E-state index is 13.1. The highest BCUT2D eigenvalue weighted by atomic mass is 31.2. The number of ether oxygens (including phenoxy) is 4. The van der Waals surface area contributed by atoms with Crippen molar-refractivity contribution in [3.05, 3.63) is 0 Å². The van der Waals surface area contributed by atoms with Crippen LogP contribution in [-0.4, -0.2) is 96.7 Å². The van der Waals surface area contributed by atoms with Crippen LogP contribution in [0.3, 0.4) is 0 Å². The van der Waals surface area contributed by atoms with Gasteiger partial charge in [0, 0.05) is 25.7 Å². The summed E-state index contributed by atoms with van der Waals surface area (Å²) in [6, 6.07) is 0. The fourth-order valence-corrected chi connectivity index (χ4v) is 14.7. The van der Waals surface area contributed by atoms with E-state index < -0.39 is 97.5 Å². The lowest BCUT2D eigenvalue weighted by Crippen LogP contribution is -2.30. The van der Waals surface area contributed by atoms with Crippen LogP contribution in [0.15, 0.2) is 0 Å². The first-order valence-corrected chi connectivity index (χ1v) is 46.6. The number of hydrogen-bond acceptors (Lipinski definition) is 15. The number of phosphoric acid groups is 2. The zero-order chi connectivity index (χ0) is 75.5. The van der Waals surface area contributed by atoms with Gasteiger partial charge in [-0.3, -0.25) is 37.3 Å². The molecule has 3 N–H and O–H groups in total. The minimum absolute atomic E-state index is 0.108. The van der Waals surface area contributed by atoms with Crippen LogP contribution >= 0.6 is 15.6 Å². The SMILES string of the molecule is CCCCCCCCCCCCCCCCCCCCCCCCC(=O)O[C@H](COC(=O)CCCCCCCCCCCCCCCCC(C)C)COP(=O)(O)OC[C@@H](O)COP(=O)(O)OC[C@@H](COC(=O)CCCCCCCCCCCCC)OC(=O)CCCCCCCCCCCCCCC. The molecule has 0 amide bonds. The molecule has 0 heterocycles. The molecule has 0 aromatic rings. The van der Waals surface area contributed by atoms with Crippen LogP contribution < -0.4 is 0 Å². The summed E-state index contributed by atoms with van der Waals surface area (Å²) in [6.45, 7) is 7.37. The Kier molecular flexibility index (Phi) is 75.4. The summed E-state index contributed by atoms with van der Waals surface area (Å²) in [4.78, 5) is 73.1. The van der Waals surface area contributed by atoms with Crippen LogP contribution in [0, 0.1) is 5.92 Å². The molecule has 0 spiro atoms. The van der Waals surface area contributed by atoms with Crippen molar-refractivity contribution >= 4 is 39.5 Å². The molecule has 0 aliphatic rings. The van der Waals surface area contributed by atoms with Crippen molar-refractivity contribution in [1.29, 1.82) is 0 Å². The third-order valence-electron chi connectivity index (χ3n) is 19.8. The molecular weight excluding hydrogens is 1340 g/mol. The van der Waals surface area contributed by atoms with E-state index >= 15 is 0 Å². The van der Waals surface area contributed by atoms with Crippen LogP contribution in [0.5, 0.6) is 0 Å². The second-order valence-corrected chi connectivity index (χ2v) is 33.6. The maximum Gasteiger partial charge on any atom is 0.472 e. The number of hydrogen-bond donors (Lipinski definition) is 3. The fourth-order valence-electron chi connectivity index (χ4n) is 13.1. The lowest BCUT2D eigenvalue weighted by molar-refractivity contribution is -0.161. The summed E-state index contributed by atoms with van der Waals surface area (Å²) in [5, 5.41) is 10.7. The molecule has 0 aliphatic carbocycles. The maximum atomic E-state index is 13.1. The van der Waals surface area contributed by atoms with Crippen molar-refractivity contribution in [2.45, 2.75) is 470 Å². The third kappa shape index (κ3) is 78.0. The molecule has 2 unspecified atom stereocenters. The van der Waals surface area contributed by atoms with Gasteiger partial charge in [-0.1, -0.05) is 401 Å². The van der Waals surface area contributed by atoms with Crippen molar-refractivity contribution in [3.8, 4) is 0 Å². The van der Waals surface area contributed by atoms with Gasteiger partial charge in [-0.25, -0.2) is 9.13 Å². The topological polar surface area (TPSA) is 237 Å². The van der Waals surface area contributed by atoms with E-state index in [0.717, 1.165) is 95.8 Å². The first-order valence-electron chi connectivity index (χ1n) is 43.6. The Bertz CT molecular complexity index is 1960. The largest absolute Gasteiger partial charge is 0.472 e. The highest BCUT2D eigenvalue weighted by molar-refractivity contribution is 7.47. The summed E-state index contributed by atoms with van der Waals surface area (Å²) in [5.74, 6) is -1.30. The quantitative estimate of drug-likeness (QED) is 0.0222. The Balaban J connectivity index is 5.22. The van der Waals surface area contributed by atoms with Crippen LogP contribution in [-0.2, 0) is 65.4 Å². The van der Waals surface area contributed by atoms with E-state index in [1.807, 2.05) is 0 Å². The van der Waals surface area contributed by atoms with Gasteiger partial charge in [0.15, 0.2) is 12.2 Å². The van der Waals surface area contributed by atoms with Gasteiger partial charge in [-0.2, -0.15) is 0 Å². The number of phosphoric ester groups is 2. The number of unbranched alkanes of at least 4 members (excludes halogenated alkanes) is 56. The van der Waals surface area contributed by atoms with E-state index in [2.05, 4.69) is 34.6 Å². The van der Waals surface area contributed by atoms with Gasteiger partial charge in [0.05, 0.1) is 26.4 Å². The summed E-state index contributed by atoms with van der Waals surface area (Å²) in [6.07, 6.45) is 69.4. The van der Waals surface area contributed by atoms with E-state index in [0.29, 0.717) is 25.7 Å². The second-order valence-electron chi connectivity index (χ2n) is 30.7. The molecule has 0 aromatic carbocycles. The lowest BCUT2D eigenvalue weighted by atomic mass is 10.0. The number of aliphatic hydroxyl groups is 1. The van der Waals surface area contributed by atoms with Crippen LogP contribution in [0.4, 0.5) is 0 Å². The fraction of sp³-hybridized carbons (Fsp3) is 0.952. The highest BCUT2D eigenvalue weighted by Gasteiger charge is 2.30. The Morgan fingerprint density at radius 2 is 0.447 bits per heavy atom. The first-order chi connectivity index (χ1) is 50.0. The van der Waals surface area contributed by atoms with Crippen molar-refractivity contribution in [1.82, 2.24) is 0 Å². The first kappa shape index (κ1) is 101. The number of carbonyl (C=O) groups is 4. The molecule has 0 saturated heterocycles. The summed E-state index contributed by atoms with van der Waals surface area (Å²) >= 11 is 0. The predicted octanol–water partition coefficient (Wildman–Crippen LogP) is 25.6. The zero-order valence-electron chi connectivity index (χ0n) is 67.5. The average Bonchev–Trinajstić information content (AvgIpc) is 0.927. The predicted molar refractivity (Wildman–Crippen MR) is 423 cm³/mol. The normalized spacial score (nSPS) is 13.8. The van der Waals surface area contributed by atoms with E-state index in [9.17, 15) is 43.2 Å². The molecule has 0 radical (unpaired) electrons. The number of esters is 4. The number of rotatable bonds is 84. The van der Waals surface area contributed by atoms with Gasteiger partial charge in [-0.15, -0.1) is 0 Å². The molecule has 0 rings (SSSR count). The van der Waals surface area contributed by atoms with E-state index in [4.69, 9.17) is 37.0 Å². The lowest BCUT2D eigenvalue weighted by Gasteiger charge is -2.21. The Hall–Kier alpha value is -1.94. The van der Waals surface area contributed by atoms with E-state index in [1.165, 1.54) is 276 Å². The molecule has 17 nitrogen and oxygen atoms in total. The Morgan fingerprint density at radius 1 is 0.262 bits per heavy atom. The molecule has 0 saturated carbocycles. The van der Waals surface area contributed by atoms with Crippen molar-refractivity contribution in [2.24, 2.45) is 5.92 Å². The van der Waals surface area contributed by atoms with Gasteiger partial charge in [0.25, 0.3) is 0 Å². The van der Waals surface area contributed by atoms with Gasteiger partial charge in [0.2, 0.25) is 0 Å². The number of aliphatic hydroxyl groups excluding tert-OH is 1. The van der Waals surface area contributed by atoms with Crippen LogP contribution in [0.1, 0.15) is 452 Å². The average molecular weight is 1510 g/mol. The Labute approximate surface area is 632 Å². The minimum Gasteiger partial charge on any atom is -0.462 e. The summed E-state index contributed by atoms with van der Waals surface area (Å²) < 4.78 is 68.8. The van der Waals surface area contributed by atoms with Crippen molar-refractivity contribution in [3.63, 3.8) is 0 Å². The van der Waals surface area contributed by atoms with Gasteiger partial charge < -0.3 is 33.8 Å². The summed E-state index contributed by atoms with van der Waals surface area (Å²) in [5.41, 5.74) is 0. The van der Waals surface area contributed by atoms with Crippen LogP contribution in [0.2, 0.25) is 0 Å². The minimum atomic E-state index is -4.96. The summed E-state index contributed by atoms with van der Waals surface area (Å²) in [7, 11) is -9.92. The molecular formula is C84H164O17P2. The molecule has 0 fully saturated rings. The molecule has 103 heavy (non-hydrogen) atoms. The van der Waals surface area contributed by atoms with Crippen LogP contribution in [0.25, 0.3) is 0 Å². The van der Waals surface area contributed by atoms with E-state index in [-0.39, 0.29) is 25.7 Å². The monoisotopic (exact) mass is 1510 g/mol. The molecule has 612 valence electrons. The van der Waals surface area contributed by atoms with Gasteiger partial charge >= 0.3 is 39.5 Å². The van der Waals surface area contributed by atoms with Crippen molar-refractivity contribution in [2.75, 3.05) is 39.6 Å². The molecule has 0 bridgehead atoms. The number of carbonyl (C=O) groups excluding carboxylic acids is 4. The van der Waals surface area contributed by atoms with Crippen molar-refractivity contribution < 1.29 is 80.2 Å². The molecule has 0 aromatic heterocycles. The zero-order valence-corrected chi connectivity index (χ0v) is 69.3.